The highest BCUT2D eigenvalue weighted by Gasteiger charge is 2.21. The van der Waals surface area contributed by atoms with Gasteiger partial charge in [-0.05, 0) is 54.4 Å². The number of hydrogen-bond acceptors (Lipinski definition) is 6. The summed E-state index contributed by atoms with van der Waals surface area (Å²) >= 11 is 0. The smallest absolute Gasteiger partial charge is 0.305 e. The van der Waals surface area contributed by atoms with E-state index in [-0.39, 0.29) is 18.9 Å². The molecule has 0 atom stereocenters. The maximum absolute atomic E-state index is 13.4. The summed E-state index contributed by atoms with van der Waals surface area (Å²) in [5.41, 5.74) is 10.8. The number of fused-ring (bicyclic) bond motifs is 1. The standard InChI is InChI=1S/C29H32N6O3/c1-3-4-7-23(30)20-9-12-22(13-10-20)32-19-27-33-24-18-21(11-14-25(24)34(27)2)29(38)35(17-15-28(36)37)26-8-5-6-16-31-26/h5-14,16,18,32H,3-4,15,17,19,30H2,1-2H3,(H,36,37)/b23-7+. The molecule has 4 rings (SSSR count). The van der Waals surface area contributed by atoms with Crippen LogP contribution in [0.2, 0.25) is 0 Å². The van der Waals surface area contributed by atoms with E-state index in [1.54, 1.807) is 36.5 Å². The number of nitrogens with two attached hydrogens (primary N) is 1. The third-order valence-corrected chi connectivity index (χ3v) is 6.26. The van der Waals surface area contributed by atoms with Crippen LogP contribution in [0.1, 0.15) is 47.9 Å². The summed E-state index contributed by atoms with van der Waals surface area (Å²) in [5, 5.41) is 12.5. The van der Waals surface area contributed by atoms with Crippen LogP contribution >= 0.6 is 0 Å². The van der Waals surface area contributed by atoms with E-state index in [4.69, 9.17) is 15.8 Å². The van der Waals surface area contributed by atoms with Crippen molar-refractivity contribution in [2.75, 3.05) is 16.8 Å². The van der Waals surface area contributed by atoms with Gasteiger partial charge >= 0.3 is 5.97 Å². The van der Waals surface area contributed by atoms with Crippen LogP contribution in [0.4, 0.5) is 11.5 Å². The second-order valence-corrected chi connectivity index (χ2v) is 8.96. The molecule has 1 amide bonds. The number of nitrogens with zero attached hydrogens (tertiary/aromatic N) is 4. The van der Waals surface area contributed by atoms with E-state index in [9.17, 15) is 9.59 Å². The highest BCUT2D eigenvalue weighted by Crippen LogP contribution is 2.22. The van der Waals surface area contributed by atoms with Crippen LogP contribution in [0, 0.1) is 0 Å². The van der Waals surface area contributed by atoms with Gasteiger partial charge in [0.25, 0.3) is 5.91 Å². The zero-order valence-electron chi connectivity index (χ0n) is 21.6. The quantitative estimate of drug-likeness (QED) is 0.263. The predicted molar refractivity (Wildman–Crippen MR) is 150 cm³/mol. The first kappa shape index (κ1) is 26.4. The molecule has 196 valence electrons. The van der Waals surface area contributed by atoms with Gasteiger partial charge in [0.2, 0.25) is 0 Å². The molecule has 0 bridgehead atoms. The number of allylic oxidation sites excluding steroid dienone is 1. The van der Waals surface area contributed by atoms with Crippen LogP contribution in [0.3, 0.4) is 0 Å². The Morgan fingerprint density at radius 1 is 1.11 bits per heavy atom. The average Bonchev–Trinajstić information content (AvgIpc) is 3.25. The number of benzene rings is 2. The second kappa shape index (κ2) is 12.1. The van der Waals surface area contributed by atoms with Crippen molar-refractivity contribution in [3.05, 3.63) is 89.9 Å². The molecule has 0 aliphatic rings. The zero-order valence-corrected chi connectivity index (χ0v) is 21.6. The number of amides is 1. The molecule has 0 spiro atoms. The van der Waals surface area contributed by atoms with Gasteiger partial charge in [-0.15, -0.1) is 0 Å². The van der Waals surface area contributed by atoms with Gasteiger partial charge in [-0.3, -0.25) is 14.5 Å². The maximum Gasteiger partial charge on any atom is 0.305 e. The summed E-state index contributed by atoms with van der Waals surface area (Å²) in [7, 11) is 1.93. The molecule has 0 radical (unpaired) electrons. The van der Waals surface area contributed by atoms with Gasteiger partial charge in [-0.1, -0.05) is 37.6 Å². The first-order valence-corrected chi connectivity index (χ1v) is 12.6. The Hall–Kier alpha value is -4.66. The van der Waals surface area contributed by atoms with Gasteiger partial charge in [0.1, 0.15) is 11.6 Å². The third-order valence-electron chi connectivity index (χ3n) is 6.26. The van der Waals surface area contributed by atoms with E-state index in [0.29, 0.717) is 23.4 Å². The van der Waals surface area contributed by atoms with Crippen LogP contribution in [-0.4, -0.2) is 38.1 Å². The predicted octanol–water partition coefficient (Wildman–Crippen LogP) is 4.80. The number of aryl methyl sites for hydroxylation is 1. The molecule has 4 aromatic rings. The van der Waals surface area contributed by atoms with Crippen molar-refractivity contribution in [3.63, 3.8) is 0 Å². The fraction of sp³-hybridized carbons (Fsp3) is 0.241. The molecule has 4 N–H and O–H groups in total. The van der Waals surface area contributed by atoms with E-state index in [1.165, 1.54) is 4.90 Å². The minimum atomic E-state index is -0.984. The number of hydrogen-bond donors (Lipinski definition) is 3. The van der Waals surface area contributed by atoms with E-state index in [2.05, 4.69) is 17.2 Å². The van der Waals surface area contributed by atoms with E-state index in [1.807, 2.05) is 48.0 Å². The summed E-state index contributed by atoms with van der Waals surface area (Å²) in [4.78, 5) is 34.9. The molecule has 2 aromatic carbocycles. The van der Waals surface area contributed by atoms with Gasteiger partial charge in [-0.25, -0.2) is 9.97 Å². The first-order valence-electron chi connectivity index (χ1n) is 12.6. The van der Waals surface area contributed by atoms with Gasteiger partial charge in [0.15, 0.2) is 0 Å². The molecule has 2 heterocycles. The molecule has 0 aliphatic heterocycles. The highest BCUT2D eigenvalue weighted by molar-refractivity contribution is 6.07. The summed E-state index contributed by atoms with van der Waals surface area (Å²) < 4.78 is 1.98. The summed E-state index contributed by atoms with van der Waals surface area (Å²) in [6.07, 6.45) is 5.44. The highest BCUT2D eigenvalue weighted by atomic mass is 16.4. The molecule has 0 saturated carbocycles. The minimum Gasteiger partial charge on any atom is -0.481 e. The molecular formula is C29H32N6O3. The van der Waals surface area contributed by atoms with Crippen molar-refractivity contribution in [2.45, 2.75) is 32.7 Å². The summed E-state index contributed by atoms with van der Waals surface area (Å²) in [6.45, 7) is 2.63. The monoisotopic (exact) mass is 512 g/mol. The summed E-state index contributed by atoms with van der Waals surface area (Å²) in [6, 6.07) is 18.5. The van der Waals surface area contributed by atoms with Crippen molar-refractivity contribution < 1.29 is 14.7 Å². The van der Waals surface area contributed by atoms with Crippen molar-refractivity contribution in [2.24, 2.45) is 12.8 Å². The number of rotatable bonds is 11. The second-order valence-electron chi connectivity index (χ2n) is 8.96. The van der Waals surface area contributed by atoms with Crippen LogP contribution in [0.15, 0.2) is 72.9 Å². The largest absolute Gasteiger partial charge is 0.481 e. The normalized spacial score (nSPS) is 11.5. The number of imidazole rings is 1. The lowest BCUT2D eigenvalue weighted by Crippen LogP contribution is -2.33. The Kier molecular flexibility index (Phi) is 8.37. The Morgan fingerprint density at radius 3 is 2.55 bits per heavy atom. The molecule has 38 heavy (non-hydrogen) atoms. The lowest BCUT2D eigenvalue weighted by Gasteiger charge is -2.21. The molecule has 0 saturated heterocycles. The number of carboxylic acid groups (broad SMARTS) is 1. The number of aromatic nitrogens is 3. The SMILES string of the molecule is CCC/C=C(/N)c1ccc(NCc2nc3cc(C(=O)N(CCC(=O)O)c4ccccn4)ccc3n2C)cc1. The average molecular weight is 513 g/mol. The number of carbonyl (C=O) groups excluding carboxylic acids is 1. The van der Waals surface area contributed by atoms with Gasteiger partial charge in [0.05, 0.1) is 24.0 Å². The van der Waals surface area contributed by atoms with Crippen LogP contribution in [0.25, 0.3) is 16.7 Å². The van der Waals surface area contributed by atoms with E-state index in [0.717, 1.165) is 41.1 Å². The number of nitrogens with one attached hydrogen (secondary N) is 1. The van der Waals surface area contributed by atoms with Gasteiger partial charge in [-0.2, -0.15) is 0 Å². The van der Waals surface area contributed by atoms with E-state index < -0.39 is 5.97 Å². The molecule has 9 nitrogen and oxygen atoms in total. The fourth-order valence-electron chi connectivity index (χ4n) is 4.12. The molecule has 9 heteroatoms. The van der Waals surface area contributed by atoms with Gasteiger partial charge < -0.3 is 20.7 Å². The molecule has 0 unspecified atom stereocenters. The molecule has 2 aromatic heterocycles. The lowest BCUT2D eigenvalue weighted by atomic mass is 10.1. The maximum atomic E-state index is 13.4. The Balaban J connectivity index is 1.51. The van der Waals surface area contributed by atoms with Crippen molar-refractivity contribution >= 4 is 40.1 Å². The number of pyridine rings is 1. The number of aliphatic carboxylic acids is 1. The van der Waals surface area contributed by atoms with Crippen molar-refractivity contribution in [1.82, 2.24) is 14.5 Å². The molecule has 0 aliphatic carbocycles. The molecule has 0 fully saturated rings. The van der Waals surface area contributed by atoms with Gasteiger partial charge in [0, 0.05) is 36.7 Å². The van der Waals surface area contributed by atoms with Crippen LogP contribution < -0.4 is 16.0 Å². The summed E-state index contributed by atoms with van der Waals surface area (Å²) in [5.74, 6) is -0.103. The van der Waals surface area contributed by atoms with Crippen LogP contribution in [0.5, 0.6) is 0 Å². The number of anilines is 2. The minimum absolute atomic E-state index is 0.0133. The Labute approximate surface area is 221 Å². The number of carboxylic acids is 1. The fourth-order valence-corrected chi connectivity index (χ4v) is 4.12. The van der Waals surface area contributed by atoms with Crippen molar-refractivity contribution in [1.29, 1.82) is 0 Å². The zero-order chi connectivity index (χ0) is 27.1. The Morgan fingerprint density at radius 2 is 1.87 bits per heavy atom. The third kappa shape index (κ3) is 6.18. The lowest BCUT2D eigenvalue weighted by molar-refractivity contribution is -0.136. The Bertz CT molecular complexity index is 1440. The number of carbonyl (C=O) groups is 2. The number of unbranched alkanes of at least 4 members (excludes halogenated alkanes) is 1. The topological polar surface area (TPSA) is 126 Å². The van der Waals surface area contributed by atoms with Crippen molar-refractivity contribution in [3.8, 4) is 0 Å². The first-order chi connectivity index (χ1) is 18.4. The van der Waals surface area contributed by atoms with Crippen LogP contribution in [-0.2, 0) is 18.4 Å². The van der Waals surface area contributed by atoms with E-state index >= 15 is 0 Å². The molecular weight excluding hydrogens is 480 g/mol.